The van der Waals surface area contributed by atoms with E-state index in [1.807, 2.05) is 0 Å². The molecule has 0 unspecified atom stereocenters. The van der Waals surface area contributed by atoms with Crippen LogP contribution in [0.1, 0.15) is 16.8 Å². The summed E-state index contributed by atoms with van der Waals surface area (Å²) in [6, 6.07) is 5.28. The van der Waals surface area contributed by atoms with E-state index in [0.29, 0.717) is 36.1 Å². The highest BCUT2D eigenvalue weighted by Crippen LogP contribution is 2.28. The SMILES string of the molecule is COc1cccc(OC)c1C(=O)NC[C@@H]1CCOC1. The minimum atomic E-state index is -0.179. The van der Waals surface area contributed by atoms with Crippen molar-refractivity contribution in [1.29, 1.82) is 0 Å². The topological polar surface area (TPSA) is 56.8 Å². The number of rotatable bonds is 5. The van der Waals surface area contributed by atoms with E-state index >= 15 is 0 Å². The first-order valence-corrected chi connectivity index (χ1v) is 6.33. The maximum atomic E-state index is 12.2. The molecular formula is C14H19NO4. The highest BCUT2D eigenvalue weighted by Gasteiger charge is 2.21. The van der Waals surface area contributed by atoms with Crippen molar-refractivity contribution >= 4 is 5.91 Å². The summed E-state index contributed by atoms with van der Waals surface area (Å²) >= 11 is 0. The molecule has 0 aromatic heterocycles. The molecule has 0 radical (unpaired) electrons. The van der Waals surface area contributed by atoms with Crippen LogP contribution in [0.5, 0.6) is 11.5 Å². The van der Waals surface area contributed by atoms with Crippen molar-refractivity contribution < 1.29 is 19.0 Å². The van der Waals surface area contributed by atoms with Gasteiger partial charge in [-0.05, 0) is 18.6 Å². The summed E-state index contributed by atoms with van der Waals surface area (Å²) in [5.41, 5.74) is 0.436. The van der Waals surface area contributed by atoms with Crippen molar-refractivity contribution in [3.8, 4) is 11.5 Å². The summed E-state index contributed by atoms with van der Waals surface area (Å²) < 4.78 is 15.7. The fourth-order valence-corrected chi connectivity index (χ4v) is 2.14. The number of benzene rings is 1. The minimum Gasteiger partial charge on any atom is -0.496 e. The molecule has 1 atom stereocenters. The molecule has 0 saturated carbocycles. The van der Waals surface area contributed by atoms with Gasteiger partial charge in [-0.15, -0.1) is 0 Å². The van der Waals surface area contributed by atoms with E-state index in [2.05, 4.69) is 5.32 Å². The number of nitrogens with one attached hydrogen (secondary N) is 1. The van der Waals surface area contributed by atoms with Gasteiger partial charge < -0.3 is 19.5 Å². The molecule has 1 aromatic carbocycles. The van der Waals surface area contributed by atoms with Gasteiger partial charge in [0.05, 0.1) is 20.8 Å². The molecule has 1 aliphatic rings. The van der Waals surface area contributed by atoms with Gasteiger partial charge in [-0.1, -0.05) is 6.07 Å². The lowest BCUT2D eigenvalue weighted by Gasteiger charge is -2.14. The van der Waals surface area contributed by atoms with Gasteiger partial charge in [0.25, 0.3) is 5.91 Å². The van der Waals surface area contributed by atoms with Gasteiger partial charge in [0, 0.05) is 19.1 Å². The van der Waals surface area contributed by atoms with Gasteiger partial charge in [0.2, 0.25) is 0 Å². The van der Waals surface area contributed by atoms with Crippen molar-refractivity contribution in [3.05, 3.63) is 23.8 Å². The zero-order chi connectivity index (χ0) is 13.7. The molecule has 0 bridgehead atoms. The Morgan fingerprint density at radius 1 is 1.37 bits per heavy atom. The molecule has 1 N–H and O–H groups in total. The molecule has 5 nitrogen and oxygen atoms in total. The smallest absolute Gasteiger partial charge is 0.258 e. The van der Waals surface area contributed by atoms with Gasteiger partial charge in [-0.3, -0.25) is 4.79 Å². The predicted octanol–water partition coefficient (Wildman–Crippen LogP) is 1.47. The summed E-state index contributed by atoms with van der Waals surface area (Å²) in [6.07, 6.45) is 0.989. The Bertz CT molecular complexity index is 419. The second-order valence-corrected chi connectivity index (χ2v) is 4.48. The van der Waals surface area contributed by atoms with E-state index in [4.69, 9.17) is 14.2 Å². The van der Waals surface area contributed by atoms with Crippen molar-refractivity contribution in [2.45, 2.75) is 6.42 Å². The molecule has 5 heteroatoms. The van der Waals surface area contributed by atoms with E-state index in [1.165, 1.54) is 14.2 Å². The Morgan fingerprint density at radius 2 is 2.05 bits per heavy atom. The van der Waals surface area contributed by atoms with Gasteiger partial charge in [-0.2, -0.15) is 0 Å². The summed E-state index contributed by atoms with van der Waals surface area (Å²) in [5, 5.41) is 2.91. The van der Waals surface area contributed by atoms with Crippen LogP contribution in [-0.4, -0.2) is 39.9 Å². The van der Waals surface area contributed by atoms with Crippen LogP contribution in [0.2, 0.25) is 0 Å². The lowest BCUT2D eigenvalue weighted by Crippen LogP contribution is -2.30. The molecule has 0 spiro atoms. The monoisotopic (exact) mass is 265 g/mol. The number of methoxy groups -OCH3 is 2. The molecule has 1 amide bonds. The van der Waals surface area contributed by atoms with E-state index in [-0.39, 0.29) is 5.91 Å². The molecule has 19 heavy (non-hydrogen) atoms. The van der Waals surface area contributed by atoms with Crippen LogP contribution in [-0.2, 0) is 4.74 Å². The highest BCUT2D eigenvalue weighted by atomic mass is 16.5. The second-order valence-electron chi connectivity index (χ2n) is 4.48. The first-order chi connectivity index (χ1) is 9.26. The van der Waals surface area contributed by atoms with E-state index in [1.54, 1.807) is 18.2 Å². The molecule has 104 valence electrons. The third-order valence-electron chi connectivity index (χ3n) is 3.23. The molecule has 1 aromatic rings. The number of ether oxygens (including phenoxy) is 3. The number of hydrogen-bond acceptors (Lipinski definition) is 4. The average Bonchev–Trinajstić information content (AvgIpc) is 2.97. The van der Waals surface area contributed by atoms with Crippen molar-refractivity contribution in [3.63, 3.8) is 0 Å². The van der Waals surface area contributed by atoms with Gasteiger partial charge in [0.15, 0.2) is 0 Å². The first kappa shape index (κ1) is 13.7. The lowest BCUT2D eigenvalue weighted by atomic mass is 10.1. The molecule has 1 saturated heterocycles. The van der Waals surface area contributed by atoms with Crippen LogP contribution >= 0.6 is 0 Å². The largest absolute Gasteiger partial charge is 0.496 e. The van der Waals surface area contributed by atoms with Crippen LogP contribution in [0.3, 0.4) is 0 Å². The second kappa shape index (κ2) is 6.43. The van der Waals surface area contributed by atoms with Crippen LogP contribution in [0.15, 0.2) is 18.2 Å². The third-order valence-corrected chi connectivity index (χ3v) is 3.23. The normalized spacial score (nSPS) is 18.1. The Hall–Kier alpha value is -1.75. The number of carbonyl (C=O) groups excluding carboxylic acids is 1. The summed E-state index contributed by atoms with van der Waals surface area (Å²) in [7, 11) is 3.08. The summed E-state index contributed by atoms with van der Waals surface area (Å²) in [4.78, 5) is 12.2. The third kappa shape index (κ3) is 3.17. The summed E-state index contributed by atoms with van der Waals surface area (Å²) in [5.74, 6) is 1.24. The van der Waals surface area contributed by atoms with Crippen molar-refractivity contribution in [2.24, 2.45) is 5.92 Å². The van der Waals surface area contributed by atoms with Gasteiger partial charge in [0.1, 0.15) is 17.1 Å². The van der Waals surface area contributed by atoms with Gasteiger partial charge >= 0.3 is 0 Å². The zero-order valence-corrected chi connectivity index (χ0v) is 11.3. The molecule has 2 rings (SSSR count). The number of carbonyl (C=O) groups is 1. The Morgan fingerprint density at radius 3 is 2.58 bits per heavy atom. The maximum absolute atomic E-state index is 12.2. The quantitative estimate of drug-likeness (QED) is 0.876. The van der Waals surface area contributed by atoms with E-state index < -0.39 is 0 Å². The Labute approximate surface area is 112 Å². The molecule has 1 aliphatic heterocycles. The van der Waals surface area contributed by atoms with Crippen LogP contribution in [0, 0.1) is 5.92 Å². The fourth-order valence-electron chi connectivity index (χ4n) is 2.14. The zero-order valence-electron chi connectivity index (χ0n) is 11.3. The minimum absolute atomic E-state index is 0.179. The predicted molar refractivity (Wildman–Crippen MR) is 70.8 cm³/mol. The van der Waals surface area contributed by atoms with Gasteiger partial charge in [-0.25, -0.2) is 0 Å². The average molecular weight is 265 g/mol. The Balaban J connectivity index is 2.08. The maximum Gasteiger partial charge on any atom is 0.258 e. The lowest BCUT2D eigenvalue weighted by molar-refractivity contribution is 0.0938. The highest BCUT2D eigenvalue weighted by molar-refractivity contribution is 5.99. The van der Waals surface area contributed by atoms with Crippen LogP contribution in [0.25, 0.3) is 0 Å². The van der Waals surface area contributed by atoms with E-state index in [0.717, 1.165) is 13.0 Å². The van der Waals surface area contributed by atoms with E-state index in [9.17, 15) is 4.79 Å². The number of hydrogen-bond donors (Lipinski definition) is 1. The summed E-state index contributed by atoms with van der Waals surface area (Å²) in [6.45, 7) is 2.10. The molecule has 0 aliphatic carbocycles. The molecule has 1 fully saturated rings. The fraction of sp³-hybridized carbons (Fsp3) is 0.500. The number of amides is 1. The van der Waals surface area contributed by atoms with Crippen LogP contribution < -0.4 is 14.8 Å². The molecule has 1 heterocycles. The van der Waals surface area contributed by atoms with Crippen LogP contribution in [0.4, 0.5) is 0 Å². The Kier molecular flexibility index (Phi) is 4.63. The standard InChI is InChI=1S/C14H19NO4/c1-17-11-4-3-5-12(18-2)13(11)14(16)15-8-10-6-7-19-9-10/h3-5,10H,6-9H2,1-2H3,(H,15,16)/t10-/m0/s1. The van der Waals surface area contributed by atoms with Crippen molar-refractivity contribution in [1.82, 2.24) is 5.32 Å². The molecular weight excluding hydrogens is 246 g/mol. The first-order valence-electron chi connectivity index (χ1n) is 6.33. The van der Waals surface area contributed by atoms with Crippen molar-refractivity contribution in [2.75, 3.05) is 34.0 Å².